The van der Waals surface area contributed by atoms with Crippen molar-refractivity contribution in [1.82, 2.24) is 9.78 Å². The Balaban J connectivity index is 1.34. The number of carbonyl (C=O) groups excluding carboxylic acids is 1. The molecule has 1 heterocycles. The normalized spacial score (nSPS) is 10.5. The van der Waals surface area contributed by atoms with Gasteiger partial charge in [0.25, 0.3) is 5.91 Å². The molecule has 0 saturated carbocycles. The van der Waals surface area contributed by atoms with Crippen LogP contribution >= 0.6 is 0 Å². The molecule has 0 aliphatic heterocycles. The van der Waals surface area contributed by atoms with E-state index in [-0.39, 0.29) is 5.91 Å². The van der Waals surface area contributed by atoms with Crippen molar-refractivity contribution in [3.8, 4) is 17.2 Å². The van der Waals surface area contributed by atoms with Crippen molar-refractivity contribution in [2.45, 2.75) is 20.1 Å². The Labute approximate surface area is 198 Å². The monoisotopic (exact) mass is 457 g/mol. The molecule has 1 amide bonds. The van der Waals surface area contributed by atoms with Crippen molar-refractivity contribution in [2.24, 2.45) is 0 Å². The summed E-state index contributed by atoms with van der Waals surface area (Å²) in [5.74, 6) is 2.13. The van der Waals surface area contributed by atoms with Crippen LogP contribution < -0.4 is 19.5 Å². The molecule has 0 aliphatic carbocycles. The Bertz CT molecular complexity index is 1230. The zero-order chi connectivity index (χ0) is 23.8. The van der Waals surface area contributed by atoms with Gasteiger partial charge < -0.3 is 19.5 Å². The fraction of sp³-hybridized carbons (Fsp3) is 0.185. The van der Waals surface area contributed by atoms with E-state index in [4.69, 9.17) is 14.2 Å². The second-order valence-electron chi connectivity index (χ2n) is 7.63. The molecule has 1 N–H and O–H groups in total. The van der Waals surface area contributed by atoms with E-state index < -0.39 is 0 Å². The largest absolute Gasteiger partial charge is 0.497 e. The van der Waals surface area contributed by atoms with E-state index in [2.05, 4.69) is 10.4 Å². The third kappa shape index (κ3) is 6.16. The number of nitrogens with one attached hydrogen (secondary N) is 1. The number of amides is 1. The predicted octanol–water partition coefficient (Wildman–Crippen LogP) is 5.17. The molecule has 34 heavy (non-hydrogen) atoms. The number of carbonyl (C=O) groups is 1. The van der Waals surface area contributed by atoms with E-state index in [0.29, 0.717) is 31.0 Å². The maximum atomic E-state index is 12.8. The molecule has 4 aromatic rings. The molecule has 0 spiro atoms. The van der Waals surface area contributed by atoms with Crippen LogP contribution in [-0.2, 0) is 13.2 Å². The SMILES string of the molecule is CCOc1ccc(OCc2cccc(C(=O)Nc3cnn(Cc4cccc(OC)c4)c3)c2)cc1. The third-order valence-corrected chi connectivity index (χ3v) is 5.10. The van der Waals surface area contributed by atoms with E-state index in [1.54, 1.807) is 30.3 Å². The van der Waals surface area contributed by atoms with Crippen LogP contribution in [-0.4, -0.2) is 29.4 Å². The zero-order valence-electron chi connectivity index (χ0n) is 19.2. The fourth-order valence-electron chi connectivity index (χ4n) is 3.44. The molecule has 0 bridgehead atoms. The molecule has 174 valence electrons. The highest BCUT2D eigenvalue weighted by Gasteiger charge is 2.09. The van der Waals surface area contributed by atoms with Crippen molar-refractivity contribution < 1.29 is 19.0 Å². The number of anilines is 1. The van der Waals surface area contributed by atoms with Crippen LogP contribution in [0.25, 0.3) is 0 Å². The maximum absolute atomic E-state index is 12.8. The van der Waals surface area contributed by atoms with E-state index in [9.17, 15) is 4.79 Å². The first-order chi connectivity index (χ1) is 16.6. The summed E-state index contributed by atoms with van der Waals surface area (Å²) in [7, 11) is 1.64. The van der Waals surface area contributed by atoms with Gasteiger partial charge in [0.1, 0.15) is 23.9 Å². The molecule has 7 heteroatoms. The molecule has 0 unspecified atom stereocenters. The molecule has 3 aromatic carbocycles. The van der Waals surface area contributed by atoms with Gasteiger partial charge in [0.05, 0.1) is 32.1 Å². The Morgan fingerprint density at radius 1 is 0.912 bits per heavy atom. The molecule has 0 fully saturated rings. The van der Waals surface area contributed by atoms with Crippen LogP contribution in [0.15, 0.2) is 85.2 Å². The van der Waals surface area contributed by atoms with Crippen molar-refractivity contribution >= 4 is 11.6 Å². The molecule has 4 rings (SSSR count). The van der Waals surface area contributed by atoms with E-state index in [1.165, 1.54) is 0 Å². The molecule has 7 nitrogen and oxygen atoms in total. The van der Waals surface area contributed by atoms with E-state index in [0.717, 1.165) is 28.4 Å². The summed E-state index contributed by atoms with van der Waals surface area (Å²) >= 11 is 0. The first-order valence-electron chi connectivity index (χ1n) is 11.0. The summed E-state index contributed by atoms with van der Waals surface area (Å²) in [5.41, 5.74) is 3.13. The Morgan fingerprint density at radius 3 is 2.41 bits per heavy atom. The Morgan fingerprint density at radius 2 is 1.65 bits per heavy atom. The Kier molecular flexibility index (Phi) is 7.45. The summed E-state index contributed by atoms with van der Waals surface area (Å²) in [5, 5.41) is 7.25. The minimum Gasteiger partial charge on any atom is -0.497 e. The van der Waals surface area contributed by atoms with Gasteiger partial charge in [-0.25, -0.2) is 0 Å². The average Bonchev–Trinajstić information content (AvgIpc) is 3.30. The summed E-state index contributed by atoms with van der Waals surface area (Å²) in [6.45, 7) is 3.50. The minimum atomic E-state index is -0.205. The number of ether oxygens (including phenoxy) is 3. The molecular weight excluding hydrogens is 430 g/mol. The lowest BCUT2D eigenvalue weighted by Gasteiger charge is -2.09. The van der Waals surface area contributed by atoms with Crippen LogP contribution in [0.1, 0.15) is 28.4 Å². The molecule has 0 atom stereocenters. The molecular formula is C27H27N3O4. The van der Waals surface area contributed by atoms with Crippen molar-refractivity contribution in [2.75, 3.05) is 19.0 Å². The van der Waals surface area contributed by atoms with Gasteiger partial charge in [0.2, 0.25) is 0 Å². The predicted molar refractivity (Wildman–Crippen MR) is 131 cm³/mol. The number of methoxy groups -OCH3 is 1. The molecule has 1 aromatic heterocycles. The number of benzene rings is 3. The minimum absolute atomic E-state index is 0.205. The lowest BCUT2D eigenvalue weighted by atomic mass is 10.1. The van der Waals surface area contributed by atoms with Crippen molar-refractivity contribution in [3.05, 3.63) is 102 Å². The number of nitrogens with zero attached hydrogens (tertiary/aromatic N) is 2. The van der Waals surface area contributed by atoms with E-state index in [1.807, 2.05) is 73.7 Å². The van der Waals surface area contributed by atoms with Crippen molar-refractivity contribution in [3.63, 3.8) is 0 Å². The first kappa shape index (κ1) is 22.9. The van der Waals surface area contributed by atoms with Gasteiger partial charge in [-0.15, -0.1) is 0 Å². The first-order valence-corrected chi connectivity index (χ1v) is 11.0. The molecule has 0 aliphatic rings. The van der Waals surface area contributed by atoms with Crippen LogP contribution in [0, 0.1) is 0 Å². The number of hydrogen-bond donors (Lipinski definition) is 1. The second-order valence-corrected chi connectivity index (χ2v) is 7.63. The summed E-state index contributed by atoms with van der Waals surface area (Å²) < 4.78 is 18.3. The van der Waals surface area contributed by atoms with Crippen LogP contribution in [0.3, 0.4) is 0 Å². The van der Waals surface area contributed by atoms with Crippen molar-refractivity contribution in [1.29, 1.82) is 0 Å². The quantitative estimate of drug-likeness (QED) is 0.356. The van der Waals surface area contributed by atoms with E-state index >= 15 is 0 Å². The maximum Gasteiger partial charge on any atom is 0.255 e. The van der Waals surface area contributed by atoms with Crippen LogP contribution in [0.5, 0.6) is 17.2 Å². The molecule has 0 saturated heterocycles. The number of rotatable bonds is 10. The Hall–Kier alpha value is -4.26. The van der Waals surface area contributed by atoms with Crippen LogP contribution in [0.4, 0.5) is 5.69 Å². The second kappa shape index (κ2) is 11.0. The lowest BCUT2D eigenvalue weighted by Crippen LogP contribution is -2.12. The van der Waals surface area contributed by atoms with Gasteiger partial charge in [0, 0.05) is 11.8 Å². The fourth-order valence-corrected chi connectivity index (χ4v) is 3.44. The summed E-state index contributed by atoms with van der Waals surface area (Å²) in [6, 6.07) is 22.6. The van der Waals surface area contributed by atoms with Gasteiger partial charge in [-0.1, -0.05) is 24.3 Å². The highest BCUT2D eigenvalue weighted by molar-refractivity contribution is 6.04. The van der Waals surface area contributed by atoms with Gasteiger partial charge in [-0.05, 0) is 66.6 Å². The van der Waals surface area contributed by atoms with Gasteiger partial charge in [-0.2, -0.15) is 5.10 Å². The standard InChI is InChI=1S/C27H27N3O4/c1-3-33-24-10-12-25(13-11-24)34-19-21-7-4-8-22(14-21)27(31)29-23-16-28-30(18-23)17-20-6-5-9-26(15-20)32-2/h4-16,18H,3,17,19H2,1-2H3,(H,29,31). The van der Waals surface area contributed by atoms with Gasteiger partial charge >= 0.3 is 0 Å². The number of aromatic nitrogens is 2. The lowest BCUT2D eigenvalue weighted by molar-refractivity contribution is 0.102. The number of hydrogen-bond acceptors (Lipinski definition) is 5. The van der Waals surface area contributed by atoms with Crippen LogP contribution in [0.2, 0.25) is 0 Å². The average molecular weight is 458 g/mol. The van der Waals surface area contributed by atoms with Gasteiger partial charge in [0.15, 0.2) is 0 Å². The summed E-state index contributed by atoms with van der Waals surface area (Å²) in [6.07, 6.45) is 3.44. The third-order valence-electron chi connectivity index (χ3n) is 5.10. The summed E-state index contributed by atoms with van der Waals surface area (Å²) in [4.78, 5) is 12.8. The highest BCUT2D eigenvalue weighted by Crippen LogP contribution is 2.19. The zero-order valence-corrected chi connectivity index (χ0v) is 19.2. The highest BCUT2D eigenvalue weighted by atomic mass is 16.5. The smallest absolute Gasteiger partial charge is 0.255 e. The topological polar surface area (TPSA) is 74.6 Å². The molecule has 0 radical (unpaired) electrons. The van der Waals surface area contributed by atoms with Gasteiger partial charge in [-0.3, -0.25) is 9.48 Å².